The van der Waals surface area contributed by atoms with E-state index in [4.69, 9.17) is 5.21 Å². The van der Waals surface area contributed by atoms with Gasteiger partial charge in [0.15, 0.2) is 0 Å². The van der Waals surface area contributed by atoms with Gasteiger partial charge >= 0.3 is 0 Å². The van der Waals surface area contributed by atoms with E-state index in [0.29, 0.717) is 6.08 Å². The largest absolute Gasteiger partial charge is 0.411 e. The fourth-order valence-corrected chi connectivity index (χ4v) is 0.246. The number of rotatable bonds is 3. The lowest BCUT2D eigenvalue weighted by atomic mass is 10.2. The molecule has 0 aliphatic rings. The Kier molecular flexibility index (Phi) is 2.84. The molecule has 0 spiro atoms. The molecular weight excluding hydrogens is 128 g/mol. The summed E-state index contributed by atoms with van der Waals surface area (Å²) < 4.78 is 24.0. The van der Waals surface area contributed by atoms with Gasteiger partial charge in [-0.25, -0.2) is 8.78 Å². The lowest BCUT2D eigenvalue weighted by Gasteiger charge is -2.04. The Bertz CT molecular complexity index is 122. The topological polar surface area (TPSA) is 32.6 Å². The van der Waals surface area contributed by atoms with E-state index in [9.17, 15) is 8.78 Å². The highest BCUT2D eigenvalue weighted by molar-refractivity contribution is 5.57. The molecule has 0 aliphatic heterocycles. The normalized spacial score (nSPS) is 12.2. The van der Waals surface area contributed by atoms with Crippen molar-refractivity contribution in [3.8, 4) is 0 Å². The van der Waals surface area contributed by atoms with Gasteiger partial charge in [-0.05, 0) is 6.08 Å². The van der Waals surface area contributed by atoms with Gasteiger partial charge in [-0.3, -0.25) is 0 Å². The third kappa shape index (κ3) is 3.64. The second-order valence-electron chi connectivity index (χ2n) is 1.47. The number of alkyl halides is 2. The lowest BCUT2D eigenvalue weighted by molar-refractivity contribution is 0.0645. The first-order valence-electron chi connectivity index (χ1n) is 2.29. The van der Waals surface area contributed by atoms with E-state index in [1.807, 2.05) is 0 Å². The van der Waals surface area contributed by atoms with Gasteiger partial charge in [0, 0.05) is 6.21 Å². The van der Waals surface area contributed by atoms with Crippen LogP contribution in [0.25, 0.3) is 0 Å². The Labute approximate surface area is 51.5 Å². The van der Waals surface area contributed by atoms with E-state index >= 15 is 0 Å². The molecule has 0 bridgehead atoms. The molecule has 52 valence electrons. The van der Waals surface area contributed by atoms with Gasteiger partial charge in [0.25, 0.3) is 5.92 Å². The number of hydrogen-bond acceptors (Lipinski definition) is 2. The van der Waals surface area contributed by atoms with E-state index in [1.54, 1.807) is 0 Å². The maximum absolute atomic E-state index is 12.0. The van der Waals surface area contributed by atoms with Gasteiger partial charge in [-0.15, -0.1) is 5.16 Å². The first-order valence-corrected chi connectivity index (χ1v) is 2.29. The molecule has 0 amide bonds. The number of hydrogen-bond donors (Lipinski definition) is 1. The minimum Gasteiger partial charge on any atom is -0.411 e. The Morgan fingerprint density at radius 3 is 2.56 bits per heavy atom. The van der Waals surface area contributed by atoms with Crippen LogP contribution >= 0.6 is 0 Å². The van der Waals surface area contributed by atoms with Crippen molar-refractivity contribution in [3.63, 3.8) is 0 Å². The Balaban J connectivity index is 3.71. The summed E-state index contributed by atoms with van der Waals surface area (Å²) in [4.78, 5) is 0. The number of nitrogens with zero attached hydrogens (tertiary/aromatic N) is 1. The molecule has 0 aromatic carbocycles. The van der Waals surface area contributed by atoms with Gasteiger partial charge < -0.3 is 5.21 Å². The molecule has 0 rings (SSSR count). The summed E-state index contributed by atoms with van der Waals surface area (Å²) in [5.74, 6) is -2.95. The van der Waals surface area contributed by atoms with Crippen LogP contribution in [0.3, 0.4) is 0 Å². The third-order valence-corrected chi connectivity index (χ3v) is 0.744. The maximum atomic E-state index is 12.0. The second kappa shape index (κ2) is 3.17. The maximum Gasteiger partial charge on any atom is 0.271 e. The summed E-state index contributed by atoms with van der Waals surface area (Å²) in [6, 6.07) is 0. The second-order valence-corrected chi connectivity index (χ2v) is 1.47. The van der Waals surface area contributed by atoms with Crippen molar-refractivity contribution < 1.29 is 14.0 Å². The molecule has 0 fully saturated rings. The molecule has 0 aliphatic carbocycles. The molecule has 9 heavy (non-hydrogen) atoms. The molecule has 0 aromatic rings. The Morgan fingerprint density at radius 1 is 1.67 bits per heavy atom. The van der Waals surface area contributed by atoms with Crippen molar-refractivity contribution in [2.75, 3.05) is 0 Å². The fourth-order valence-electron chi connectivity index (χ4n) is 0.246. The van der Waals surface area contributed by atoms with E-state index in [-0.39, 0.29) is 0 Å². The Hall–Kier alpha value is -0.930. The summed E-state index contributed by atoms with van der Waals surface area (Å²) in [7, 11) is 0. The highest BCUT2D eigenvalue weighted by Crippen LogP contribution is 2.16. The van der Waals surface area contributed by atoms with Crippen LogP contribution in [-0.2, 0) is 0 Å². The molecule has 0 unspecified atom stereocenters. The summed E-state index contributed by atoms with van der Waals surface area (Å²) in [6.07, 6.45) is 0.628. The average molecular weight is 135 g/mol. The molecule has 1 N–H and O–H groups in total. The zero-order valence-electron chi connectivity index (χ0n) is 4.72. The van der Waals surface area contributed by atoms with Crippen LogP contribution in [0.4, 0.5) is 8.78 Å². The van der Waals surface area contributed by atoms with Crippen LogP contribution in [0.1, 0.15) is 6.42 Å². The fraction of sp³-hybridized carbons (Fsp3) is 0.400. The smallest absolute Gasteiger partial charge is 0.271 e. The van der Waals surface area contributed by atoms with Crippen LogP contribution in [0, 0.1) is 0 Å². The van der Waals surface area contributed by atoms with Crippen LogP contribution in [-0.4, -0.2) is 17.3 Å². The average Bonchev–Trinajstić information content (AvgIpc) is 1.84. The zero-order valence-corrected chi connectivity index (χ0v) is 4.72. The summed E-state index contributed by atoms with van der Waals surface area (Å²) in [6.45, 7) is 2.89. The molecule has 0 saturated carbocycles. The number of halogens is 2. The number of oxime groups is 1. The number of allylic oxidation sites excluding steroid dienone is 1. The Morgan fingerprint density at radius 2 is 2.22 bits per heavy atom. The molecule has 0 aromatic heterocycles. The molecule has 2 nitrogen and oxygen atoms in total. The van der Waals surface area contributed by atoms with Gasteiger partial charge in [0.05, 0.1) is 6.42 Å². The molecule has 0 atom stereocenters. The van der Waals surface area contributed by atoms with E-state index in [0.717, 1.165) is 6.21 Å². The minimum absolute atomic E-state index is 0.509. The quantitative estimate of drug-likeness (QED) is 0.271. The summed E-state index contributed by atoms with van der Waals surface area (Å²) in [5, 5.41) is 10.1. The molecule has 4 heteroatoms. The highest BCUT2D eigenvalue weighted by atomic mass is 19.3. The van der Waals surface area contributed by atoms with Gasteiger partial charge in [-0.1, -0.05) is 6.58 Å². The predicted octanol–water partition coefficient (Wildman–Crippen LogP) is 1.66. The van der Waals surface area contributed by atoms with Crippen LogP contribution in [0.2, 0.25) is 0 Å². The van der Waals surface area contributed by atoms with Crippen molar-refractivity contribution in [3.05, 3.63) is 12.7 Å². The van der Waals surface area contributed by atoms with Crippen LogP contribution < -0.4 is 0 Å². The van der Waals surface area contributed by atoms with E-state index in [1.165, 1.54) is 0 Å². The van der Waals surface area contributed by atoms with E-state index in [2.05, 4.69) is 11.7 Å². The predicted molar refractivity (Wildman–Crippen MR) is 30.0 cm³/mol. The SMILES string of the molecule is C=CC(F)(F)C/C=N/O. The first kappa shape index (κ1) is 8.07. The van der Waals surface area contributed by atoms with Gasteiger partial charge in [-0.2, -0.15) is 0 Å². The van der Waals surface area contributed by atoms with Crippen molar-refractivity contribution in [1.29, 1.82) is 0 Å². The highest BCUT2D eigenvalue weighted by Gasteiger charge is 2.21. The lowest BCUT2D eigenvalue weighted by Crippen LogP contribution is -2.11. The van der Waals surface area contributed by atoms with Crippen molar-refractivity contribution >= 4 is 6.21 Å². The summed E-state index contributed by atoms with van der Waals surface area (Å²) in [5.41, 5.74) is 0. The third-order valence-electron chi connectivity index (χ3n) is 0.744. The van der Waals surface area contributed by atoms with Crippen LogP contribution in [0.5, 0.6) is 0 Å². The van der Waals surface area contributed by atoms with Crippen molar-refractivity contribution in [1.82, 2.24) is 0 Å². The standard InChI is InChI=1S/C5H7F2NO/c1-2-5(6,7)3-4-8-9/h2,4,9H,1,3H2/b8-4+. The van der Waals surface area contributed by atoms with Gasteiger partial charge in [0.1, 0.15) is 0 Å². The summed E-state index contributed by atoms with van der Waals surface area (Å²) >= 11 is 0. The molecule has 0 heterocycles. The monoisotopic (exact) mass is 135 g/mol. The first-order chi connectivity index (χ1) is 4.12. The van der Waals surface area contributed by atoms with Gasteiger partial charge in [0.2, 0.25) is 0 Å². The van der Waals surface area contributed by atoms with E-state index < -0.39 is 12.3 Å². The minimum atomic E-state index is -2.95. The molecular formula is C5H7F2NO. The zero-order chi connectivity index (χ0) is 7.33. The molecule has 0 saturated heterocycles. The van der Waals surface area contributed by atoms with Crippen LogP contribution in [0.15, 0.2) is 17.8 Å². The molecule has 0 radical (unpaired) electrons. The van der Waals surface area contributed by atoms with Crippen molar-refractivity contribution in [2.24, 2.45) is 5.16 Å². The van der Waals surface area contributed by atoms with Crippen molar-refractivity contribution in [2.45, 2.75) is 12.3 Å².